The van der Waals surface area contributed by atoms with Crippen molar-refractivity contribution >= 4 is 0 Å². The van der Waals surface area contributed by atoms with E-state index in [1.54, 1.807) is 6.26 Å². The normalized spacial score (nSPS) is 11.9. The molecule has 0 fully saturated rings. The quantitative estimate of drug-likeness (QED) is 0.599. The molecule has 0 spiro atoms. The van der Waals surface area contributed by atoms with Gasteiger partial charge in [-0.15, -0.1) is 0 Å². The van der Waals surface area contributed by atoms with Crippen LogP contribution in [0.15, 0.2) is 16.9 Å². The zero-order chi connectivity index (χ0) is 7.78. The minimum absolute atomic E-state index is 0.0307. The summed E-state index contributed by atoms with van der Waals surface area (Å²) in [5.74, 6) is 0.243. The molecule has 0 saturated heterocycles. The van der Waals surface area contributed by atoms with Crippen LogP contribution in [-0.2, 0) is 5.41 Å². The molecule has 1 aromatic rings. The van der Waals surface area contributed by atoms with Crippen molar-refractivity contribution in [3.63, 3.8) is 0 Å². The zero-order valence-electron chi connectivity index (χ0n) is 6.51. The Hall–Kier alpha value is -0.920. The maximum Gasteiger partial charge on any atom is 0.157 e. The summed E-state index contributed by atoms with van der Waals surface area (Å²) in [5.41, 5.74) is 0.823. The molecule has 1 heterocycles. The zero-order valence-corrected chi connectivity index (χ0v) is 6.51. The van der Waals surface area contributed by atoms with Crippen molar-refractivity contribution in [3.05, 3.63) is 18.1 Å². The van der Waals surface area contributed by atoms with E-state index in [1.165, 1.54) is 6.26 Å². The van der Waals surface area contributed by atoms with Crippen molar-refractivity contribution in [2.75, 3.05) is 0 Å². The third kappa shape index (κ3) is 1.15. The van der Waals surface area contributed by atoms with Crippen molar-refractivity contribution < 1.29 is 9.52 Å². The van der Waals surface area contributed by atoms with Gasteiger partial charge in [-0.05, 0) is 5.41 Å². The lowest BCUT2D eigenvalue weighted by molar-refractivity contribution is 0.444. The summed E-state index contributed by atoms with van der Waals surface area (Å²) in [4.78, 5) is 0. The molecule has 0 unspecified atom stereocenters. The predicted octanol–water partition coefficient (Wildman–Crippen LogP) is 2.28. The van der Waals surface area contributed by atoms with Crippen molar-refractivity contribution in [2.24, 2.45) is 0 Å². The van der Waals surface area contributed by atoms with Crippen LogP contribution in [0.3, 0.4) is 0 Å². The topological polar surface area (TPSA) is 33.4 Å². The first-order valence-electron chi connectivity index (χ1n) is 3.27. The Balaban J connectivity index is 3.05. The molecular formula is C8H12O2. The highest BCUT2D eigenvalue weighted by molar-refractivity contribution is 5.32. The third-order valence-electron chi connectivity index (χ3n) is 1.45. The molecule has 0 radical (unpaired) electrons. The van der Waals surface area contributed by atoms with Gasteiger partial charge in [0, 0.05) is 5.56 Å². The van der Waals surface area contributed by atoms with Gasteiger partial charge in [0.1, 0.15) is 6.26 Å². The molecule has 1 rings (SSSR count). The van der Waals surface area contributed by atoms with Gasteiger partial charge in [-0.1, -0.05) is 20.8 Å². The Labute approximate surface area is 60.5 Å². The van der Waals surface area contributed by atoms with Crippen LogP contribution in [0.25, 0.3) is 0 Å². The number of hydrogen-bond donors (Lipinski definition) is 1. The van der Waals surface area contributed by atoms with Crippen molar-refractivity contribution in [1.29, 1.82) is 0 Å². The highest BCUT2D eigenvalue weighted by atomic mass is 16.3. The molecule has 0 amide bonds. The number of hydrogen-bond acceptors (Lipinski definition) is 2. The van der Waals surface area contributed by atoms with E-state index >= 15 is 0 Å². The summed E-state index contributed by atoms with van der Waals surface area (Å²) >= 11 is 0. The average molecular weight is 140 g/mol. The lowest BCUT2D eigenvalue weighted by atomic mass is 9.89. The maximum atomic E-state index is 9.19. The number of furan rings is 1. The maximum absolute atomic E-state index is 9.19. The molecule has 0 atom stereocenters. The second-order valence-corrected chi connectivity index (χ2v) is 3.42. The van der Waals surface area contributed by atoms with E-state index in [2.05, 4.69) is 0 Å². The Kier molecular flexibility index (Phi) is 1.47. The summed E-state index contributed by atoms with van der Waals surface area (Å²) in [5, 5.41) is 9.19. The molecule has 0 saturated carbocycles. The lowest BCUT2D eigenvalue weighted by Gasteiger charge is -2.15. The molecule has 0 aliphatic rings. The van der Waals surface area contributed by atoms with Gasteiger partial charge in [-0.25, -0.2) is 0 Å². The fourth-order valence-electron chi connectivity index (χ4n) is 0.851. The van der Waals surface area contributed by atoms with Crippen LogP contribution in [0.5, 0.6) is 5.75 Å². The molecule has 2 nitrogen and oxygen atoms in total. The van der Waals surface area contributed by atoms with Gasteiger partial charge >= 0.3 is 0 Å². The van der Waals surface area contributed by atoms with E-state index in [4.69, 9.17) is 4.42 Å². The summed E-state index contributed by atoms with van der Waals surface area (Å²) in [7, 11) is 0. The van der Waals surface area contributed by atoms with Crippen molar-refractivity contribution in [1.82, 2.24) is 0 Å². The molecule has 0 aliphatic heterocycles. The largest absolute Gasteiger partial charge is 0.504 e. The molecule has 0 aliphatic carbocycles. The molecule has 2 heteroatoms. The smallest absolute Gasteiger partial charge is 0.157 e. The van der Waals surface area contributed by atoms with E-state index in [9.17, 15) is 5.11 Å². The highest BCUT2D eigenvalue weighted by Gasteiger charge is 2.19. The van der Waals surface area contributed by atoms with Crippen LogP contribution in [0.4, 0.5) is 0 Å². The summed E-state index contributed by atoms with van der Waals surface area (Å²) in [6, 6.07) is 0. The van der Waals surface area contributed by atoms with E-state index < -0.39 is 0 Å². The SMILES string of the molecule is CC(C)(C)c1cocc1O. The fraction of sp³-hybridized carbons (Fsp3) is 0.500. The van der Waals surface area contributed by atoms with Crippen LogP contribution < -0.4 is 0 Å². The average Bonchev–Trinajstić information content (AvgIpc) is 2.11. The van der Waals surface area contributed by atoms with Crippen molar-refractivity contribution in [2.45, 2.75) is 26.2 Å². The Morgan fingerprint density at radius 1 is 1.30 bits per heavy atom. The lowest BCUT2D eigenvalue weighted by Crippen LogP contribution is -2.09. The standard InChI is InChI=1S/C8H12O2/c1-8(2,3)6-4-10-5-7(6)9/h4-5,9H,1-3H3. The van der Waals surface area contributed by atoms with Crippen LogP contribution in [-0.4, -0.2) is 5.11 Å². The van der Waals surface area contributed by atoms with Crippen LogP contribution in [0.1, 0.15) is 26.3 Å². The minimum atomic E-state index is -0.0307. The molecule has 56 valence electrons. The van der Waals surface area contributed by atoms with E-state index in [0.717, 1.165) is 5.56 Å². The molecule has 0 aromatic carbocycles. The van der Waals surface area contributed by atoms with Gasteiger partial charge in [0.05, 0.1) is 6.26 Å². The second kappa shape index (κ2) is 2.04. The second-order valence-electron chi connectivity index (χ2n) is 3.42. The van der Waals surface area contributed by atoms with Crippen LogP contribution >= 0.6 is 0 Å². The predicted molar refractivity (Wildman–Crippen MR) is 39.1 cm³/mol. The van der Waals surface area contributed by atoms with Gasteiger partial charge < -0.3 is 9.52 Å². The Morgan fingerprint density at radius 3 is 2.10 bits per heavy atom. The first-order chi connectivity index (χ1) is 4.52. The number of rotatable bonds is 0. The van der Waals surface area contributed by atoms with Gasteiger partial charge in [0.25, 0.3) is 0 Å². The molecular weight excluding hydrogens is 128 g/mol. The summed E-state index contributed by atoms with van der Waals surface area (Å²) in [6.07, 6.45) is 2.93. The van der Waals surface area contributed by atoms with Gasteiger partial charge in [-0.3, -0.25) is 0 Å². The van der Waals surface area contributed by atoms with Gasteiger partial charge in [0.2, 0.25) is 0 Å². The summed E-state index contributed by atoms with van der Waals surface area (Å²) in [6.45, 7) is 6.08. The van der Waals surface area contributed by atoms with E-state index in [0.29, 0.717) is 0 Å². The van der Waals surface area contributed by atoms with E-state index in [-0.39, 0.29) is 11.2 Å². The monoisotopic (exact) mass is 140 g/mol. The Bertz CT molecular complexity index is 217. The van der Waals surface area contributed by atoms with Gasteiger partial charge in [0.15, 0.2) is 5.75 Å². The molecule has 1 aromatic heterocycles. The van der Waals surface area contributed by atoms with Crippen LogP contribution in [0.2, 0.25) is 0 Å². The number of aromatic hydroxyl groups is 1. The van der Waals surface area contributed by atoms with E-state index in [1.807, 2.05) is 20.8 Å². The Morgan fingerprint density at radius 2 is 1.90 bits per heavy atom. The fourth-order valence-corrected chi connectivity index (χ4v) is 0.851. The highest BCUT2D eigenvalue weighted by Crippen LogP contribution is 2.30. The molecule has 0 bridgehead atoms. The third-order valence-corrected chi connectivity index (χ3v) is 1.45. The minimum Gasteiger partial charge on any atom is -0.504 e. The van der Waals surface area contributed by atoms with Crippen LogP contribution in [0, 0.1) is 0 Å². The van der Waals surface area contributed by atoms with Crippen molar-refractivity contribution in [3.8, 4) is 5.75 Å². The summed E-state index contributed by atoms with van der Waals surface area (Å²) < 4.78 is 4.82. The first-order valence-corrected chi connectivity index (χ1v) is 3.27. The van der Waals surface area contributed by atoms with Gasteiger partial charge in [-0.2, -0.15) is 0 Å². The molecule has 10 heavy (non-hydrogen) atoms. The first kappa shape index (κ1) is 7.19. The molecule has 1 N–H and O–H groups in total.